The number of aromatic nitrogens is 2. The minimum Gasteiger partial charge on any atom is -0.366 e. The van der Waals surface area contributed by atoms with E-state index < -0.39 is 10.0 Å². The number of rotatable bonds is 6. The van der Waals surface area contributed by atoms with Crippen LogP contribution in [0.5, 0.6) is 0 Å². The zero-order valence-corrected chi connectivity index (χ0v) is 12.8. The van der Waals surface area contributed by atoms with E-state index in [0.29, 0.717) is 6.54 Å². The lowest BCUT2D eigenvalue weighted by Crippen LogP contribution is -2.20. The van der Waals surface area contributed by atoms with Gasteiger partial charge in [-0.05, 0) is 25.1 Å². The van der Waals surface area contributed by atoms with Crippen LogP contribution in [0.2, 0.25) is 0 Å². The van der Waals surface area contributed by atoms with Gasteiger partial charge in [-0.15, -0.1) is 0 Å². The molecule has 2 rings (SSSR count). The summed E-state index contributed by atoms with van der Waals surface area (Å²) < 4.78 is 25.4. The summed E-state index contributed by atoms with van der Waals surface area (Å²) in [7, 11) is -1.84. The van der Waals surface area contributed by atoms with Gasteiger partial charge in [0.05, 0.1) is 5.75 Å². The summed E-state index contributed by atoms with van der Waals surface area (Å²) >= 11 is 0. The van der Waals surface area contributed by atoms with Crippen LogP contribution in [0, 0.1) is 6.92 Å². The van der Waals surface area contributed by atoms with Gasteiger partial charge in [0.2, 0.25) is 10.0 Å². The Balaban J connectivity index is 2.04. The second-order valence-electron chi connectivity index (χ2n) is 4.68. The van der Waals surface area contributed by atoms with Gasteiger partial charge in [-0.2, -0.15) is 0 Å². The summed E-state index contributed by atoms with van der Waals surface area (Å²) in [5.74, 6) is 0.722. The number of nitrogens with one attached hydrogen (secondary N) is 2. The zero-order valence-electron chi connectivity index (χ0n) is 12.0. The summed E-state index contributed by atoms with van der Waals surface area (Å²) in [6.07, 6.45) is 1.51. The van der Waals surface area contributed by atoms with Gasteiger partial charge < -0.3 is 5.32 Å². The molecule has 0 aliphatic heterocycles. The molecule has 0 aliphatic rings. The Hall–Kier alpha value is -1.99. The van der Waals surface area contributed by atoms with Gasteiger partial charge in [-0.25, -0.2) is 23.1 Å². The molecule has 112 valence electrons. The van der Waals surface area contributed by atoms with Crippen LogP contribution in [-0.4, -0.2) is 25.4 Å². The molecule has 1 aromatic carbocycles. The van der Waals surface area contributed by atoms with Crippen molar-refractivity contribution in [3.8, 4) is 0 Å². The molecule has 0 amide bonds. The quantitative estimate of drug-likeness (QED) is 0.844. The minimum absolute atomic E-state index is 0.0239. The van der Waals surface area contributed by atoms with E-state index in [4.69, 9.17) is 0 Å². The molecule has 6 nitrogen and oxygen atoms in total. The summed E-state index contributed by atoms with van der Waals surface area (Å²) in [6.45, 7) is 2.47. The molecule has 1 heterocycles. The van der Waals surface area contributed by atoms with Crippen molar-refractivity contribution in [3.63, 3.8) is 0 Å². The third kappa shape index (κ3) is 4.80. The van der Waals surface area contributed by atoms with Gasteiger partial charge in [0.15, 0.2) is 0 Å². The molecular weight excluding hydrogens is 288 g/mol. The minimum atomic E-state index is -3.25. The molecule has 7 heteroatoms. The van der Waals surface area contributed by atoms with E-state index in [9.17, 15) is 8.42 Å². The maximum absolute atomic E-state index is 11.6. The fourth-order valence-electron chi connectivity index (χ4n) is 1.86. The van der Waals surface area contributed by atoms with Gasteiger partial charge in [0.25, 0.3) is 0 Å². The van der Waals surface area contributed by atoms with Gasteiger partial charge in [0.1, 0.15) is 12.1 Å². The highest BCUT2D eigenvalue weighted by atomic mass is 32.2. The monoisotopic (exact) mass is 306 g/mol. The van der Waals surface area contributed by atoms with Crippen molar-refractivity contribution in [2.45, 2.75) is 19.2 Å². The number of hydrogen-bond acceptors (Lipinski definition) is 5. The summed E-state index contributed by atoms with van der Waals surface area (Å²) in [5.41, 5.74) is 2.64. The van der Waals surface area contributed by atoms with Gasteiger partial charge in [0, 0.05) is 18.3 Å². The van der Waals surface area contributed by atoms with Crippen LogP contribution in [-0.2, 0) is 22.3 Å². The van der Waals surface area contributed by atoms with Crippen molar-refractivity contribution >= 4 is 15.8 Å². The number of aryl methyl sites for hydroxylation is 1. The molecule has 0 saturated heterocycles. The largest absolute Gasteiger partial charge is 0.366 e. The smallest absolute Gasteiger partial charge is 0.215 e. The Morgan fingerprint density at radius 1 is 1.14 bits per heavy atom. The molecule has 0 saturated carbocycles. The van der Waals surface area contributed by atoms with Crippen molar-refractivity contribution in [1.29, 1.82) is 0 Å². The Kier molecular flexibility index (Phi) is 4.87. The molecule has 0 aliphatic carbocycles. The van der Waals surface area contributed by atoms with Crippen LogP contribution in [0.15, 0.2) is 36.7 Å². The Morgan fingerprint density at radius 3 is 2.62 bits per heavy atom. The standard InChI is InChI=1S/C14H18N4O2S/c1-11-6-14(18-10-17-11)16-8-12-4-3-5-13(7-12)9-21(19,20)15-2/h3-7,10,15H,8-9H2,1-2H3,(H,16,17,18). The molecule has 0 spiro atoms. The maximum Gasteiger partial charge on any atom is 0.215 e. The molecule has 0 radical (unpaired) electrons. The van der Waals surface area contributed by atoms with Crippen molar-refractivity contribution in [1.82, 2.24) is 14.7 Å². The number of hydrogen-bond donors (Lipinski definition) is 2. The fourth-order valence-corrected chi connectivity index (χ4v) is 2.63. The summed E-state index contributed by atoms with van der Waals surface area (Å²) in [5, 5.41) is 3.19. The third-order valence-electron chi connectivity index (χ3n) is 2.94. The van der Waals surface area contributed by atoms with Crippen molar-refractivity contribution in [3.05, 3.63) is 53.5 Å². The lowest BCUT2D eigenvalue weighted by molar-refractivity contribution is 0.587. The Bertz CT molecular complexity index is 716. The Morgan fingerprint density at radius 2 is 1.90 bits per heavy atom. The van der Waals surface area contributed by atoms with Crippen molar-refractivity contribution in [2.24, 2.45) is 0 Å². The summed E-state index contributed by atoms with van der Waals surface area (Å²) in [6, 6.07) is 9.32. The first-order chi connectivity index (χ1) is 9.98. The second kappa shape index (κ2) is 6.64. The topological polar surface area (TPSA) is 84.0 Å². The average molecular weight is 306 g/mol. The van der Waals surface area contributed by atoms with Crippen LogP contribution in [0.1, 0.15) is 16.8 Å². The van der Waals surface area contributed by atoms with E-state index in [1.807, 2.05) is 31.2 Å². The highest BCUT2D eigenvalue weighted by Crippen LogP contribution is 2.11. The van der Waals surface area contributed by atoms with Gasteiger partial charge >= 0.3 is 0 Å². The SMILES string of the molecule is CNS(=O)(=O)Cc1cccc(CNc2cc(C)ncn2)c1. The van der Waals surface area contributed by atoms with Gasteiger partial charge in [-0.1, -0.05) is 24.3 Å². The molecule has 21 heavy (non-hydrogen) atoms. The summed E-state index contributed by atoms with van der Waals surface area (Å²) in [4.78, 5) is 8.16. The zero-order chi connectivity index (χ0) is 15.3. The van der Waals surface area contributed by atoms with Crippen molar-refractivity contribution in [2.75, 3.05) is 12.4 Å². The van der Waals surface area contributed by atoms with E-state index in [2.05, 4.69) is 20.0 Å². The highest BCUT2D eigenvalue weighted by molar-refractivity contribution is 7.88. The normalized spacial score (nSPS) is 11.3. The molecule has 0 fully saturated rings. The fraction of sp³-hybridized carbons (Fsp3) is 0.286. The first kappa shape index (κ1) is 15.4. The van der Waals surface area contributed by atoms with Crippen LogP contribution < -0.4 is 10.0 Å². The number of benzene rings is 1. The van der Waals surface area contributed by atoms with E-state index in [1.165, 1.54) is 13.4 Å². The number of nitrogens with zero attached hydrogens (tertiary/aromatic N) is 2. The molecule has 1 aromatic heterocycles. The molecular formula is C14H18N4O2S. The Labute approximate surface area is 124 Å². The van der Waals surface area contributed by atoms with E-state index in [1.54, 1.807) is 6.07 Å². The first-order valence-electron chi connectivity index (χ1n) is 6.50. The first-order valence-corrected chi connectivity index (χ1v) is 8.15. The van der Waals surface area contributed by atoms with Crippen molar-refractivity contribution < 1.29 is 8.42 Å². The maximum atomic E-state index is 11.6. The number of anilines is 1. The number of sulfonamides is 1. The van der Waals surface area contributed by atoms with Gasteiger partial charge in [-0.3, -0.25) is 0 Å². The molecule has 0 unspecified atom stereocenters. The predicted octanol–water partition coefficient (Wildman–Crippen LogP) is 1.45. The molecule has 2 N–H and O–H groups in total. The molecule has 0 bridgehead atoms. The van der Waals surface area contributed by atoms with E-state index in [-0.39, 0.29) is 5.75 Å². The average Bonchev–Trinajstić information content (AvgIpc) is 2.45. The van der Waals surface area contributed by atoms with Crippen LogP contribution in [0.25, 0.3) is 0 Å². The second-order valence-corrected chi connectivity index (χ2v) is 6.61. The van der Waals surface area contributed by atoms with E-state index >= 15 is 0 Å². The van der Waals surface area contributed by atoms with E-state index in [0.717, 1.165) is 22.6 Å². The lowest BCUT2D eigenvalue weighted by Gasteiger charge is -2.08. The van der Waals surface area contributed by atoms with Crippen LogP contribution in [0.3, 0.4) is 0 Å². The lowest BCUT2D eigenvalue weighted by atomic mass is 10.1. The predicted molar refractivity (Wildman–Crippen MR) is 82.2 cm³/mol. The molecule has 0 atom stereocenters. The van der Waals surface area contributed by atoms with Crippen LogP contribution in [0.4, 0.5) is 5.82 Å². The highest BCUT2D eigenvalue weighted by Gasteiger charge is 2.08. The third-order valence-corrected chi connectivity index (χ3v) is 4.27. The molecule has 2 aromatic rings. The van der Waals surface area contributed by atoms with Crippen LogP contribution >= 0.6 is 0 Å².